The monoisotopic (exact) mass is 330 g/mol. The maximum absolute atomic E-state index is 13.4. The summed E-state index contributed by atoms with van der Waals surface area (Å²) in [5.41, 5.74) is 3.65. The van der Waals surface area contributed by atoms with Crippen LogP contribution in [-0.2, 0) is 4.74 Å². The summed E-state index contributed by atoms with van der Waals surface area (Å²) in [6.45, 7) is 0.889. The average molecular weight is 331 g/mol. The van der Waals surface area contributed by atoms with E-state index in [9.17, 15) is 4.39 Å². The third-order valence-corrected chi connectivity index (χ3v) is 3.99. The zero-order chi connectivity index (χ0) is 13.7. The van der Waals surface area contributed by atoms with Gasteiger partial charge in [0.1, 0.15) is 5.82 Å². The van der Waals surface area contributed by atoms with E-state index in [-0.39, 0.29) is 11.9 Å². The third kappa shape index (κ3) is 4.53. The Kier molecular flexibility index (Phi) is 5.76. The molecule has 1 aromatic carbocycles. The van der Waals surface area contributed by atoms with Crippen LogP contribution in [0.25, 0.3) is 0 Å². The highest BCUT2D eigenvalue weighted by molar-refractivity contribution is 9.10. The molecule has 1 aliphatic rings. The second kappa shape index (κ2) is 7.33. The minimum absolute atomic E-state index is 0.0200. The van der Waals surface area contributed by atoms with Crippen LogP contribution in [0.3, 0.4) is 0 Å². The quantitative estimate of drug-likeness (QED) is 0.620. The minimum atomic E-state index is -0.247. The van der Waals surface area contributed by atoms with E-state index in [0.717, 1.165) is 42.3 Å². The average Bonchev–Trinajstić information content (AvgIpc) is 2.86. The van der Waals surface area contributed by atoms with Crippen molar-refractivity contribution >= 4 is 15.9 Å². The molecule has 3 N–H and O–H groups in total. The van der Waals surface area contributed by atoms with Crippen LogP contribution in [-0.4, -0.2) is 12.7 Å². The predicted octanol–water partition coefficient (Wildman–Crippen LogP) is 3.44. The lowest BCUT2D eigenvalue weighted by molar-refractivity contribution is 0.101. The molecule has 2 atom stereocenters. The number of ether oxygens (including phenoxy) is 1. The Labute approximate surface area is 121 Å². The van der Waals surface area contributed by atoms with Crippen molar-refractivity contribution in [2.45, 2.75) is 44.2 Å². The van der Waals surface area contributed by atoms with Crippen molar-refractivity contribution in [3.05, 3.63) is 34.1 Å². The van der Waals surface area contributed by atoms with Crippen LogP contribution in [0.2, 0.25) is 0 Å². The molecule has 0 saturated carbocycles. The lowest BCUT2D eigenvalue weighted by atomic mass is 9.99. The SMILES string of the molecule is NNC(CCCC1CCCO1)c1cc(F)cc(Br)c1. The van der Waals surface area contributed by atoms with Gasteiger partial charge in [0.2, 0.25) is 0 Å². The van der Waals surface area contributed by atoms with Gasteiger partial charge in [-0.1, -0.05) is 15.9 Å². The molecular formula is C14H20BrFN2O. The fourth-order valence-corrected chi connectivity index (χ4v) is 3.03. The number of benzene rings is 1. The van der Waals surface area contributed by atoms with Gasteiger partial charge in [-0.3, -0.25) is 11.3 Å². The standard InChI is InChI=1S/C14H20BrFN2O/c15-11-7-10(8-12(16)9-11)14(18-17)5-1-3-13-4-2-6-19-13/h7-9,13-14,18H,1-6,17H2. The molecular weight excluding hydrogens is 311 g/mol. The van der Waals surface area contributed by atoms with E-state index < -0.39 is 0 Å². The molecule has 0 amide bonds. The van der Waals surface area contributed by atoms with E-state index in [4.69, 9.17) is 10.6 Å². The van der Waals surface area contributed by atoms with E-state index >= 15 is 0 Å². The lowest BCUT2D eigenvalue weighted by Crippen LogP contribution is -2.28. The molecule has 1 aliphatic heterocycles. The molecule has 19 heavy (non-hydrogen) atoms. The number of nitrogens with one attached hydrogen (secondary N) is 1. The molecule has 0 bridgehead atoms. The van der Waals surface area contributed by atoms with Gasteiger partial charge in [-0.25, -0.2) is 4.39 Å². The summed E-state index contributed by atoms with van der Waals surface area (Å²) < 4.78 is 19.7. The van der Waals surface area contributed by atoms with Crippen LogP contribution < -0.4 is 11.3 Å². The number of halogens is 2. The normalized spacial score (nSPS) is 20.7. The fraction of sp³-hybridized carbons (Fsp3) is 0.571. The minimum Gasteiger partial charge on any atom is -0.378 e. The highest BCUT2D eigenvalue weighted by Crippen LogP contribution is 2.25. The highest BCUT2D eigenvalue weighted by Gasteiger charge is 2.17. The molecule has 2 unspecified atom stereocenters. The van der Waals surface area contributed by atoms with Crippen molar-refractivity contribution < 1.29 is 9.13 Å². The first-order valence-electron chi connectivity index (χ1n) is 6.73. The van der Waals surface area contributed by atoms with Gasteiger partial charge in [0.05, 0.1) is 6.10 Å². The number of nitrogens with two attached hydrogens (primary N) is 1. The van der Waals surface area contributed by atoms with Gasteiger partial charge < -0.3 is 4.74 Å². The van der Waals surface area contributed by atoms with Crippen LogP contribution in [0.15, 0.2) is 22.7 Å². The first-order valence-corrected chi connectivity index (χ1v) is 7.52. The van der Waals surface area contributed by atoms with Crippen molar-refractivity contribution in [3.8, 4) is 0 Å². The predicted molar refractivity (Wildman–Crippen MR) is 77.0 cm³/mol. The third-order valence-electron chi connectivity index (χ3n) is 3.53. The lowest BCUT2D eigenvalue weighted by Gasteiger charge is -2.18. The summed E-state index contributed by atoms with van der Waals surface area (Å²) in [6, 6.07) is 4.86. The Hall–Kier alpha value is -0.490. The van der Waals surface area contributed by atoms with Crippen LogP contribution in [0.4, 0.5) is 4.39 Å². The van der Waals surface area contributed by atoms with E-state index in [2.05, 4.69) is 21.4 Å². The fourth-order valence-electron chi connectivity index (χ4n) is 2.54. The summed E-state index contributed by atoms with van der Waals surface area (Å²) in [5.74, 6) is 5.33. The Balaban J connectivity index is 1.87. The van der Waals surface area contributed by atoms with Crippen LogP contribution in [0.5, 0.6) is 0 Å². The number of hydrogen-bond acceptors (Lipinski definition) is 3. The Morgan fingerprint density at radius 2 is 2.32 bits per heavy atom. The molecule has 1 heterocycles. The van der Waals surface area contributed by atoms with E-state index in [0.29, 0.717) is 6.10 Å². The first kappa shape index (κ1) is 14.9. The Morgan fingerprint density at radius 3 is 2.95 bits per heavy atom. The molecule has 2 rings (SSSR count). The molecule has 0 spiro atoms. The van der Waals surface area contributed by atoms with Gasteiger partial charge in [-0.05, 0) is 55.9 Å². The van der Waals surface area contributed by atoms with Gasteiger partial charge in [-0.2, -0.15) is 0 Å². The van der Waals surface area contributed by atoms with Gasteiger partial charge in [-0.15, -0.1) is 0 Å². The summed E-state index contributed by atoms with van der Waals surface area (Å²) in [7, 11) is 0. The second-order valence-corrected chi connectivity index (χ2v) is 5.90. The topological polar surface area (TPSA) is 47.3 Å². The Bertz CT molecular complexity index is 390. The van der Waals surface area contributed by atoms with E-state index in [1.54, 1.807) is 0 Å². The molecule has 0 aromatic heterocycles. The van der Waals surface area contributed by atoms with Crippen molar-refractivity contribution in [2.24, 2.45) is 5.84 Å². The van der Waals surface area contributed by atoms with Gasteiger partial charge >= 0.3 is 0 Å². The molecule has 106 valence electrons. The number of rotatable bonds is 6. The van der Waals surface area contributed by atoms with Crippen LogP contribution in [0, 0.1) is 5.82 Å². The molecule has 0 aliphatic carbocycles. The van der Waals surface area contributed by atoms with Gasteiger partial charge in [0.15, 0.2) is 0 Å². The number of hydrazine groups is 1. The molecule has 5 heteroatoms. The zero-order valence-corrected chi connectivity index (χ0v) is 12.5. The maximum Gasteiger partial charge on any atom is 0.124 e. The second-order valence-electron chi connectivity index (χ2n) is 4.99. The molecule has 1 fully saturated rings. The molecule has 0 radical (unpaired) electrons. The van der Waals surface area contributed by atoms with Crippen molar-refractivity contribution in [2.75, 3.05) is 6.61 Å². The van der Waals surface area contributed by atoms with E-state index in [1.807, 2.05) is 6.07 Å². The first-order chi connectivity index (χ1) is 9.19. The van der Waals surface area contributed by atoms with Gasteiger partial charge in [0.25, 0.3) is 0 Å². The zero-order valence-electron chi connectivity index (χ0n) is 10.9. The molecule has 1 saturated heterocycles. The van der Waals surface area contributed by atoms with Crippen LogP contribution in [0.1, 0.15) is 43.7 Å². The Morgan fingerprint density at radius 1 is 1.47 bits per heavy atom. The largest absolute Gasteiger partial charge is 0.378 e. The molecule has 1 aromatic rings. The van der Waals surface area contributed by atoms with Crippen molar-refractivity contribution in [1.82, 2.24) is 5.43 Å². The van der Waals surface area contributed by atoms with Crippen LogP contribution >= 0.6 is 15.9 Å². The van der Waals surface area contributed by atoms with Crippen molar-refractivity contribution in [1.29, 1.82) is 0 Å². The number of hydrogen-bond donors (Lipinski definition) is 2. The summed E-state index contributed by atoms with van der Waals surface area (Å²) >= 11 is 3.30. The summed E-state index contributed by atoms with van der Waals surface area (Å²) in [4.78, 5) is 0. The van der Waals surface area contributed by atoms with Gasteiger partial charge in [0, 0.05) is 17.1 Å². The summed E-state index contributed by atoms with van der Waals surface area (Å²) in [6.07, 6.45) is 5.68. The summed E-state index contributed by atoms with van der Waals surface area (Å²) in [5, 5.41) is 0. The van der Waals surface area contributed by atoms with Crippen molar-refractivity contribution in [3.63, 3.8) is 0 Å². The highest BCUT2D eigenvalue weighted by atomic mass is 79.9. The molecule has 3 nitrogen and oxygen atoms in total. The smallest absolute Gasteiger partial charge is 0.124 e. The van der Waals surface area contributed by atoms with E-state index in [1.165, 1.54) is 18.6 Å². The maximum atomic E-state index is 13.4.